The van der Waals surface area contributed by atoms with Gasteiger partial charge in [0, 0.05) is 30.7 Å². The summed E-state index contributed by atoms with van der Waals surface area (Å²) in [6, 6.07) is 19.1. The van der Waals surface area contributed by atoms with Crippen LogP contribution < -0.4 is 9.04 Å². The molecule has 0 aliphatic carbocycles. The first-order chi connectivity index (χ1) is 20.7. The van der Waals surface area contributed by atoms with Gasteiger partial charge in [-0.05, 0) is 85.0 Å². The third kappa shape index (κ3) is 7.83. The van der Waals surface area contributed by atoms with Crippen LogP contribution >= 0.6 is 23.2 Å². The van der Waals surface area contributed by atoms with Crippen LogP contribution in [0.4, 0.5) is 5.69 Å². The first kappa shape index (κ1) is 33.1. The molecule has 44 heavy (non-hydrogen) atoms. The van der Waals surface area contributed by atoms with Crippen LogP contribution in [0.1, 0.15) is 59.7 Å². The number of carbonyl (C=O) groups excluding carboxylic acids is 2. The highest BCUT2D eigenvalue weighted by Crippen LogP contribution is 2.33. The zero-order valence-electron chi connectivity index (χ0n) is 25.1. The van der Waals surface area contributed by atoms with E-state index in [-0.39, 0.29) is 40.8 Å². The number of carbonyl (C=O) groups is 2. The lowest BCUT2D eigenvalue weighted by molar-refractivity contribution is 0.0678. The van der Waals surface area contributed by atoms with Crippen LogP contribution in [0.3, 0.4) is 0 Å². The zero-order valence-corrected chi connectivity index (χ0v) is 27.5. The van der Waals surface area contributed by atoms with Gasteiger partial charge in [0.25, 0.3) is 15.9 Å². The lowest BCUT2D eigenvalue weighted by Gasteiger charge is -2.32. The van der Waals surface area contributed by atoms with Crippen molar-refractivity contribution in [3.8, 4) is 5.75 Å². The second kappa shape index (κ2) is 13.5. The van der Waals surface area contributed by atoms with Crippen LogP contribution in [0.25, 0.3) is 0 Å². The summed E-state index contributed by atoms with van der Waals surface area (Å²) in [5, 5.41) is 0.712. The summed E-state index contributed by atoms with van der Waals surface area (Å²) in [5.41, 5.74) is 1.53. The van der Waals surface area contributed by atoms with E-state index >= 15 is 0 Å². The number of halogens is 2. The molecule has 4 aromatic rings. The van der Waals surface area contributed by atoms with Crippen LogP contribution in [-0.2, 0) is 16.6 Å². The Labute approximate surface area is 268 Å². The summed E-state index contributed by atoms with van der Waals surface area (Å²) in [6.07, 6.45) is 1.34. The molecule has 1 aromatic heterocycles. The van der Waals surface area contributed by atoms with E-state index in [4.69, 9.17) is 32.4 Å². The van der Waals surface area contributed by atoms with Gasteiger partial charge in [-0.1, -0.05) is 56.1 Å². The molecule has 11 heteroatoms. The molecule has 4 rings (SSSR count). The van der Waals surface area contributed by atoms with E-state index in [1.165, 1.54) is 28.8 Å². The number of anilines is 1. The molecule has 0 N–H and O–H groups in total. The Bertz CT molecular complexity index is 1770. The third-order valence-corrected chi connectivity index (χ3v) is 8.99. The molecule has 8 nitrogen and oxygen atoms in total. The second-order valence-corrected chi connectivity index (χ2v) is 14.2. The summed E-state index contributed by atoms with van der Waals surface area (Å²) >= 11 is 12.8. The molecule has 0 radical (unpaired) electrons. The monoisotopic (exact) mass is 656 g/mol. The molecule has 1 amide bonds. The van der Waals surface area contributed by atoms with E-state index in [9.17, 15) is 18.0 Å². The Hall–Kier alpha value is -3.79. The number of rotatable bonds is 10. The van der Waals surface area contributed by atoms with Crippen molar-refractivity contribution in [2.45, 2.75) is 46.1 Å². The largest absolute Gasteiger partial charge is 0.457 e. The molecular formula is C33H34Cl2N2O6S. The zero-order chi connectivity index (χ0) is 32.2. The van der Waals surface area contributed by atoms with E-state index in [0.717, 1.165) is 0 Å². The highest BCUT2D eigenvalue weighted by atomic mass is 35.5. The van der Waals surface area contributed by atoms with Crippen LogP contribution in [0.5, 0.6) is 5.75 Å². The van der Waals surface area contributed by atoms with Gasteiger partial charge in [0.1, 0.15) is 5.75 Å². The number of amides is 1. The average molecular weight is 658 g/mol. The van der Waals surface area contributed by atoms with Gasteiger partial charge in [0.15, 0.2) is 0 Å². The fraction of sp³-hybridized carbons (Fsp3) is 0.273. The van der Waals surface area contributed by atoms with Crippen molar-refractivity contribution < 1.29 is 27.2 Å². The lowest BCUT2D eigenvalue weighted by atomic mass is 9.95. The van der Waals surface area contributed by atoms with Crippen LogP contribution in [0, 0.1) is 12.3 Å². The minimum atomic E-state index is -4.17. The molecule has 1 heterocycles. The molecule has 0 fully saturated rings. The van der Waals surface area contributed by atoms with Crippen LogP contribution in [0.15, 0.2) is 88.4 Å². The Morgan fingerprint density at radius 2 is 1.68 bits per heavy atom. The summed E-state index contributed by atoms with van der Waals surface area (Å²) < 4.78 is 40.1. The Balaban J connectivity index is 1.74. The number of hydrogen-bond donors (Lipinski definition) is 0. The van der Waals surface area contributed by atoms with Gasteiger partial charge in [0.05, 0.1) is 27.4 Å². The topological polar surface area (TPSA) is 97.1 Å². The summed E-state index contributed by atoms with van der Waals surface area (Å²) in [4.78, 5) is 27.8. The minimum Gasteiger partial charge on any atom is -0.457 e. The highest BCUT2D eigenvalue weighted by molar-refractivity contribution is 7.92. The predicted molar refractivity (Wildman–Crippen MR) is 172 cm³/mol. The normalized spacial score (nSPS) is 11.7. The number of aryl methyl sites for hydroxylation is 1. The SMILES string of the molecule is CCN(c1ccc(Cl)cc1CN(CC(C)(C)C)C(=O)c1ccccc1Cl)S(=O)(=O)c1cc(C)cc(OC(=O)c2ccco2)c1. The molecule has 0 bridgehead atoms. The van der Waals surface area contributed by atoms with E-state index in [1.807, 2.05) is 20.8 Å². The Morgan fingerprint density at radius 1 is 0.955 bits per heavy atom. The highest BCUT2D eigenvalue weighted by Gasteiger charge is 2.30. The van der Waals surface area contributed by atoms with Crippen molar-refractivity contribution in [3.63, 3.8) is 0 Å². The van der Waals surface area contributed by atoms with Crippen LogP contribution in [-0.4, -0.2) is 38.3 Å². The van der Waals surface area contributed by atoms with Crippen molar-refractivity contribution in [1.82, 2.24) is 4.90 Å². The van der Waals surface area contributed by atoms with Crippen molar-refractivity contribution >= 4 is 50.8 Å². The maximum Gasteiger partial charge on any atom is 0.379 e. The first-order valence-electron chi connectivity index (χ1n) is 13.9. The van der Waals surface area contributed by atoms with E-state index in [0.29, 0.717) is 39.0 Å². The van der Waals surface area contributed by atoms with E-state index in [1.54, 1.807) is 73.3 Å². The maximum absolute atomic E-state index is 14.2. The van der Waals surface area contributed by atoms with E-state index < -0.39 is 16.0 Å². The fourth-order valence-electron chi connectivity index (χ4n) is 4.78. The Kier molecular flexibility index (Phi) is 10.1. The maximum atomic E-state index is 14.2. The number of sulfonamides is 1. The molecule has 0 saturated carbocycles. The minimum absolute atomic E-state index is 0.0111. The summed E-state index contributed by atoms with van der Waals surface area (Å²) in [6.45, 7) is 9.96. The van der Waals surface area contributed by atoms with Crippen molar-refractivity contribution in [2.75, 3.05) is 17.4 Å². The van der Waals surface area contributed by atoms with Gasteiger partial charge in [-0.2, -0.15) is 0 Å². The number of furan rings is 1. The molecule has 3 aromatic carbocycles. The lowest BCUT2D eigenvalue weighted by Crippen LogP contribution is -2.38. The number of esters is 1. The molecule has 0 aliphatic rings. The number of nitrogens with zero attached hydrogens (tertiary/aromatic N) is 2. The standard InChI is InChI=1S/C33H34Cl2N2O6S/c1-6-37(44(40,41)26-17-22(2)16-25(19-26)43-32(39)30-12-9-15-42-30)29-14-13-24(34)18-23(29)20-36(21-33(3,4)5)31(38)27-10-7-8-11-28(27)35/h7-19H,6,20-21H2,1-5H3. The van der Waals surface area contributed by atoms with Gasteiger partial charge < -0.3 is 14.1 Å². The molecule has 0 spiro atoms. The third-order valence-electron chi connectivity index (χ3n) is 6.56. The van der Waals surface area contributed by atoms with Crippen molar-refractivity contribution in [1.29, 1.82) is 0 Å². The summed E-state index contributed by atoms with van der Waals surface area (Å²) in [5.74, 6) is -0.996. The first-order valence-corrected chi connectivity index (χ1v) is 16.1. The molecule has 0 atom stereocenters. The predicted octanol–water partition coefficient (Wildman–Crippen LogP) is 8.02. The summed E-state index contributed by atoms with van der Waals surface area (Å²) in [7, 11) is -4.17. The molecular weight excluding hydrogens is 623 g/mol. The smallest absolute Gasteiger partial charge is 0.379 e. The van der Waals surface area contributed by atoms with Gasteiger partial charge in [-0.15, -0.1) is 0 Å². The van der Waals surface area contributed by atoms with E-state index in [2.05, 4.69) is 0 Å². The number of hydrogen-bond acceptors (Lipinski definition) is 6. The van der Waals surface area contributed by atoms with Gasteiger partial charge >= 0.3 is 5.97 Å². The second-order valence-electron chi connectivity index (χ2n) is 11.5. The van der Waals surface area contributed by atoms with Gasteiger partial charge in [-0.25, -0.2) is 13.2 Å². The van der Waals surface area contributed by atoms with Crippen molar-refractivity contribution in [2.24, 2.45) is 5.41 Å². The molecule has 0 aliphatic heterocycles. The molecule has 0 unspecified atom stereocenters. The fourth-order valence-corrected chi connectivity index (χ4v) is 6.82. The molecule has 0 saturated heterocycles. The Morgan fingerprint density at radius 3 is 2.32 bits per heavy atom. The van der Waals surface area contributed by atoms with Gasteiger partial charge in [-0.3, -0.25) is 9.10 Å². The van der Waals surface area contributed by atoms with Gasteiger partial charge in [0.2, 0.25) is 5.76 Å². The molecule has 232 valence electrons. The number of benzene rings is 3. The average Bonchev–Trinajstić information content (AvgIpc) is 3.48. The van der Waals surface area contributed by atoms with Crippen LogP contribution in [0.2, 0.25) is 10.0 Å². The van der Waals surface area contributed by atoms with Crippen molar-refractivity contribution in [3.05, 3.63) is 112 Å². The quantitative estimate of drug-likeness (QED) is 0.127. The number of ether oxygens (including phenoxy) is 1.